The molecule has 0 unspecified atom stereocenters. The van der Waals surface area contributed by atoms with Crippen molar-refractivity contribution in [1.29, 1.82) is 0 Å². The molecule has 4 nitrogen and oxygen atoms in total. The van der Waals surface area contributed by atoms with Crippen molar-refractivity contribution in [2.75, 3.05) is 4.90 Å². The summed E-state index contributed by atoms with van der Waals surface area (Å²) in [5.41, 5.74) is 9.22. The molecule has 0 aliphatic carbocycles. The van der Waals surface area contributed by atoms with Gasteiger partial charge in [-0.15, -0.1) is 0 Å². The Hall–Kier alpha value is -6.13. The van der Waals surface area contributed by atoms with E-state index >= 15 is 0 Å². The van der Waals surface area contributed by atoms with E-state index in [1.165, 1.54) is 16.3 Å². The number of para-hydroxylation sites is 2. The zero-order valence-corrected chi connectivity index (χ0v) is 24.2. The minimum absolute atomic E-state index is 0.573. The van der Waals surface area contributed by atoms with Gasteiger partial charge in [-0.05, 0) is 70.4 Å². The first-order chi connectivity index (χ1) is 22.3. The second-order valence-corrected chi connectivity index (χ2v) is 11.2. The third-order valence-electron chi connectivity index (χ3n) is 8.47. The highest BCUT2D eigenvalue weighted by Crippen LogP contribution is 2.47. The molecule has 0 saturated carbocycles. The van der Waals surface area contributed by atoms with Crippen molar-refractivity contribution in [1.82, 2.24) is 4.98 Å². The highest BCUT2D eigenvalue weighted by molar-refractivity contribution is 6.20. The topological polar surface area (TPSA) is 42.4 Å². The number of aromatic nitrogens is 1. The lowest BCUT2D eigenvalue weighted by Gasteiger charge is -2.26. The molecule has 4 heteroatoms. The fraction of sp³-hybridized carbons (Fsp3) is 0. The molecule has 9 rings (SSSR count). The molecule has 7 aromatic carbocycles. The van der Waals surface area contributed by atoms with Crippen LogP contribution in [0.15, 0.2) is 167 Å². The average molecular weight is 579 g/mol. The summed E-state index contributed by atoms with van der Waals surface area (Å²) in [6.45, 7) is 0. The summed E-state index contributed by atoms with van der Waals surface area (Å²) in [5.74, 6) is 0.573. The summed E-state index contributed by atoms with van der Waals surface area (Å²) in [4.78, 5) is 7.41. The Kier molecular flexibility index (Phi) is 5.78. The SMILES string of the molecule is c1ccc(-c2nc3c(N(c4ccccc4)c4ccc(-c5ccc6ccccc6c5)cc4)c4c(cc3o2)oc2ccccc24)cc1. The second kappa shape index (κ2) is 10.2. The van der Waals surface area contributed by atoms with Gasteiger partial charge in [-0.3, -0.25) is 0 Å². The number of oxazole rings is 1. The first kappa shape index (κ1) is 25.4. The van der Waals surface area contributed by atoms with Crippen LogP contribution in [0, 0.1) is 0 Å². The monoisotopic (exact) mass is 578 g/mol. The molecule has 0 aliphatic heterocycles. The average Bonchev–Trinajstić information content (AvgIpc) is 3.71. The van der Waals surface area contributed by atoms with Crippen LogP contribution in [0.5, 0.6) is 0 Å². The van der Waals surface area contributed by atoms with Crippen molar-refractivity contribution in [2.45, 2.75) is 0 Å². The van der Waals surface area contributed by atoms with Crippen LogP contribution in [0.4, 0.5) is 17.1 Å². The zero-order valence-electron chi connectivity index (χ0n) is 24.2. The highest BCUT2D eigenvalue weighted by Gasteiger charge is 2.26. The Morgan fingerprint density at radius 1 is 0.444 bits per heavy atom. The molecule has 0 fully saturated rings. The molecule has 0 aliphatic rings. The van der Waals surface area contributed by atoms with E-state index in [0.29, 0.717) is 11.5 Å². The lowest BCUT2D eigenvalue weighted by molar-refractivity contribution is 0.617. The van der Waals surface area contributed by atoms with E-state index in [-0.39, 0.29) is 0 Å². The Morgan fingerprint density at radius 2 is 1.11 bits per heavy atom. The maximum absolute atomic E-state index is 6.44. The van der Waals surface area contributed by atoms with Gasteiger partial charge in [0.15, 0.2) is 5.58 Å². The van der Waals surface area contributed by atoms with Gasteiger partial charge in [0.25, 0.3) is 0 Å². The maximum Gasteiger partial charge on any atom is 0.227 e. The van der Waals surface area contributed by atoms with Crippen molar-refractivity contribution in [3.8, 4) is 22.6 Å². The molecule has 2 aromatic heterocycles. The number of hydrogen-bond donors (Lipinski definition) is 0. The van der Waals surface area contributed by atoms with Gasteiger partial charge >= 0.3 is 0 Å². The van der Waals surface area contributed by atoms with Crippen LogP contribution in [0.3, 0.4) is 0 Å². The van der Waals surface area contributed by atoms with Crippen LogP contribution in [0.1, 0.15) is 0 Å². The molecule has 0 N–H and O–H groups in total. The Balaban J connectivity index is 1.29. The summed E-state index contributed by atoms with van der Waals surface area (Å²) < 4.78 is 12.9. The molecule has 45 heavy (non-hydrogen) atoms. The number of furan rings is 1. The van der Waals surface area contributed by atoms with E-state index in [1.807, 2.05) is 54.6 Å². The summed E-state index contributed by atoms with van der Waals surface area (Å²) in [6, 6.07) is 54.4. The third kappa shape index (κ3) is 4.27. The normalized spacial score (nSPS) is 11.6. The van der Waals surface area contributed by atoms with E-state index in [4.69, 9.17) is 13.8 Å². The van der Waals surface area contributed by atoms with E-state index in [9.17, 15) is 0 Å². The predicted molar refractivity (Wildman–Crippen MR) is 184 cm³/mol. The quantitative estimate of drug-likeness (QED) is 0.204. The van der Waals surface area contributed by atoms with Crippen molar-refractivity contribution in [3.05, 3.63) is 158 Å². The Bertz CT molecular complexity index is 2480. The summed E-state index contributed by atoms with van der Waals surface area (Å²) in [5, 5.41) is 4.49. The molecule has 0 saturated heterocycles. The summed E-state index contributed by atoms with van der Waals surface area (Å²) in [7, 11) is 0. The van der Waals surface area contributed by atoms with Crippen LogP contribution in [0.2, 0.25) is 0 Å². The highest BCUT2D eigenvalue weighted by atomic mass is 16.4. The maximum atomic E-state index is 6.44. The molecule has 0 radical (unpaired) electrons. The van der Waals surface area contributed by atoms with Gasteiger partial charge in [0, 0.05) is 28.4 Å². The molecular formula is C41H26N2O2. The number of hydrogen-bond acceptors (Lipinski definition) is 4. The number of rotatable bonds is 5. The molecule has 0 bridgehead atoms. The molecule has 0 spiro atoms. The molecule has 212 valence electrons. The van der Waals surface area contributed by atoms with Crippen LogP contribution >= 0.6 is 0 Å². The van der Waals surface area contributed by atoms with Gasteiger partial charge in [0.1, 0.15) is 16.7 Å². The van der Waals surface area contributed by atoms with Crippen LogP contribution in [-0.2, 0) is 0 Å². The fourth-order valence-corrected chi connectivity index (χ4v) is 6.33. The van der Waals surface area contributed by atoms with Crippen molar-refractivity contribution in [3.63, 3.8) is 0 Å². The van der Waals surface area contributed by atoms with E-state index in [0.717, 1.165) is 55.6 Å². The fourth-order valence-electron chi connectivity index (χ4n) is 6.33. The molecule has 2 heterocycles. The first-order valence-electron chi connectivity index (χ1n) is 15.0. The lowest BCUT2D eigenvalue weighted by Crippen LogP contribution is -2.11. The van der Waals surface area contributed by atoms with E-state index in [1.54, 1.807) is 0 Å². The summed E-state index contributed by atoms with van der Waals surface area (Å²) >= 11 is 0. The number of anilines is 3. The van der Waals surface area contributed by atoms with Crippen molar-refractivity contribution >= 4 is 60.9 Å². The van der Waals surface area contributed by atoms with Crippen molar-refractivity contribution in [2.24, 2.45) is 0 Å². The van der Waals surface area contributed by atoms with Crippen LogP contribution in [-0.4, -0.2) is 4.98 Å². The molecule has 0 amide bonds. The number of fused-ring (bicyclic) bond motifs is 5. The second-order valence-electron chi connectivity index (χ2n) is 11.2. The van der Waals surface area contributed by atoms with Gasteiger partial charge in [0.05, 0.1) is 11.1 Å². The van der Waals surface area contributed by atoms with Gasteiger partial charge in [-0.2, -0.15) is 0 Å². The van der Waals surface area contributed by atoms with E-state index in [2.05, 4.69) is 108 Å². The largest absolute Gasteiger partial charge is 0.456 e. The zero-order chi connectivity index (χ0) is 29.7. The van der Waals surface area contributed by atoms with Crippen molar-refractivity contribution < 1.29 is 8.83 Å². The number of benzene rings is 7. The smallest absolute Gasteiger partial charge is 0.227 e. The standard InChI is InChI=1S/C41H26N2O2/c1-3-12-29(13-4-1)41-42-39-37(45-41)26-36-38(34-17-9-10-18-35(34)44-36)40(39)43(32-15-5-2-6-16-32)33-23-21-28(22-24-33)31-20-19-27-11-7-8-14-30(27)25-31/h1-26H. The number of nitrogens with zero attached hydrogens (tertiary/aromatic N) is 2. The molecule has 9 aromatic rings. The summed E-state index contributed by atoms with van der Waals surface area (Å²) in [6.07, 6.45) is 0. The Labute approximate surface area is 259 Å². The van der Waals surface area contributed by atoms with Crippen LogP contribution < -0.4 is 4.90 Å². The van der Waals surface area contributed by atoms with Crippen LogP contribution in [0.25, 0.3) is 66.4 Å². The van der Waals surface area contributed by atoms with Gasteiger partial charge in [0.2, 0.25) is 5.89 Å². The lowest BCUT2D eigenvalue weighted by atomic mass is 10.0. The first-order valence-corrected chi connectivity index (χ1v) is 15.0. The third-order valence-corrected chi connectivity index (χ3v) is 8.47. The minimum atomic E-state index is 0.573. The van der Waals surface area contributed by atoms with Gasteiger partial charge < -0.3 is 13.7 Å². The molecular weight excluding hydrogens is 552 g/mol. The minimum Gasteiger partial charge on any atom is -0.456 e. The predicted octanol–water partition coefficient (Wildman–Crippen LogP) is 11.7. The van der Waals surface area contributed by atoms with Gasteiger partial charge in [-0.25, -0.2) is 4.98 Å². The van der Waals surface area contributed by atoms with Gasteiger partial charge in [-0.1, -0.05) is 103 Å². The Morgan fingerprint density at radius 3 is 1.93 bits per heavy atom. The molecule has 0 atom stereocenters. The van der Waals surface area contributed by atoms with E-state index < -0.39 is 0 Å².